The molecule has 0 bridgehead atoms. The lowest BCUT2D eigenvalue weighted by atomic mass is 9.97. The number of benzene rings is 1. The molecule has 1 aromatic rings. The second-order valence-electron chi connectivity index (χ2n) is 4.82. The fraction of sp³-hybridized carbons (Fsp3) is 0.500. The van der Waals surface area contributed by atoms with Crippen molar-refractivity contribution in [3.8, 4) is 0 Å². The van der Waals surface area contributed by atoms with Crippen LogP contribution in [0.1, 0.15) is 24.8 Å². The van der Waals surface area contributed by atoms with E-state index in [0.29, 0.717) is 5.78 Å². The van der Waals surface area contributed by atoms with E-state index in [-0.39, 0.29) is 5.92 Å². The molecule has 0 N–H and O–H groups in total. The van der Waals surface area contributed by atoms with Gasteiger partial charge in [-0.25, -0.2) is 0 Å². The van der Waals surface area contributed by atoms with Crippen LogP contribution in [-0.4, -0.2) is 19.9 Å². The van der Waals surface area contributed by atoms with Crippen LogP contribution in [0.2, 0.25) is 0 Å². The number of Topliss-reactive ketones (excluding diaryl/α,β-unsaturated/α-hetero) is 1. The van der Waals surface area contributed by atoms with Gasteiger partial charge in [0.05, 0.1) is 0 Å². The zero-order chi connectivity index (χ0) is 11.5. The standard InChI is InChI=1S/C14H19NO/c1-15(2)13-8-6-11(7-9-13)10-12-4-3-5-14(12)16/h6-9,12H,3-5,10H2,1-2H3. The van der Waals surface area contributed by atoms with Crippen LogP contribution in [0.5, 0.6) is 0 Å². The van der Waals surface area contributed by atoms with Crippen LogP contribution >= 0.6 is 0 Å². The average Bonchev–Trinajstić information content (AvgIpc) is 2.65. The molecule has 0 radical (unpaired) electrons. The second-order valence-corrected chi connectivity index (χ2v) is 4.82. The second kappa shape index (κ2) is 4.69. The Balaban J connectivity index is 2.02. The Bertz CT molecular complexity index is 367. The summed E-state index contributed by atoms with van der Waals surface area (Å²) in [6.45, 7) is 0. The van der Waals surface area contributed by atoms with Crippen molar-refractivity contribution in [2.24, 2.45) is 5.92 Å². The van der Waals surface area contributed by atoms with Crippen molar-refractivity contribution in [3.05, 3.63) is 29.8 Å². The molecule has 0 aromatic heterocycles. The quantitative estimate of drug-likeness (QED) is 0.775. The first-order chi connectivity index (χ1) is 7.66. The molecule has 86 valence electrons. The molecule has 2 nitrogen and oxygen atoms in total. The van der Waals surface area contributed by atoms with E-state index < -0.39 is 0 Å². The molecule has 16 heavy (non-hydrogen) atoms. The first-order valence-corrected chi connectivity index (χ1v) is 5.96. The summed E-state index contributed by atoms with van der Waals surface area (Å²) in [5, 5.41) is 0. The highest BCUT2D eigenvalue weighted by atomic mass is 16.1. The fourth-order valence-electron chi connectivity index (χ4n) is 2.32. The summed E-state index contributed by atoms with van der Waals surface area (Å²) in [6, 6.07) is 8.52. The van der Waals surface area contributed by atoms with Crippen LogP contribution in [0.4, 0.5) is 5.69 Å². The summed E-state index contributed by atoms with van der Waals surface area (Å²) in [4.78, 5) is 13.6. The van der Waals surface area contributed by atoms with Gasteiger partial charge < -0.3 is 4.90 Å². The van der Waals surface area contributed by atoms with Crippen molar-refractivity contribution >= 4 is 11.5 Å². The van der Waals surface area contributed by atoms with Crippen molar-refractivity contribution in [1.29, 1.82) is 0 Å². The van der Waals surface area contributed by atoms with E-state index >= 15 is 0 Å². The molecule has 1 saturated carbocycles. The third kappa shape index (κ3) is 2.43. The zero-order valence-corrected chi connectivity index (χ0v) is 10.1. The van der Waals surface area contributed by atoms with E-state index in [1.165, 1.54) is 11.3 Å². The van der Waals surface area contributed by atoms with E-state index in [1.54, 1.807) is 0 Å². The normalized spacial score (nSPS) is 20.1. The Morgan fingerprint density at radius 1 is 1.25 bits per heavy atom. The zero-order valence-electron chi connectivity index (χ0n) is 10.1. The molecule has 0 amide bonds. The molecule has 1 aliphatic rings. The number of carbonyl (C=O) groups is 1. The third-order valence-electron chi connectivity index (χ3n) is 3.37. The first kappa shape index (κ1) is 11.2. The molecular weight excluding hydrogens is 198 g/mol. The summed E-state index contributed by atoms with van der Waals surface area (Å²) in [7, 11) is 4.07. The number of hydrogen-bond acceptors (Lipinski definition) is 2. The van der Waals surface area contributed by atoms with Gasteiger partial charge in [-0.05, 0) is 37.0 Å². The van der Waals surface area contributed by atoms with E-state index in [0.717, 1.165) is 25.7 Å². The molecule has 0 heterocycles. The minimum Gasteiger partial charge on any atom is -0.378 e. The van der Waals surface area contributed by atoms with E-state index in [9.17, 15) is 4.79 Å². The fourth-order valence-corrected chi connectivity index (χ4v) is 2.32. The van der Waals surface area contributed by atoms with E-state index in [1.807, 2.05) is 14.1 Å². The van der Waals surface area contributed by atoms with Gasteiger partial charge in [-0.15, -0.1) is 0 Å². The molecular formula is C14H19NO. The molecule has 0 aliphatic heterocycles. The third-order valence-corrected chi connectivity index (χ3v) is 3.37. The summed E-state index contributed by atoms with van der Waals surface area (Å²) in [5.41, 5.74) is 2.49. The lowest BCUT2D eigenvalue weighted by Crippen LogP contribution is -2.10. The molecule has 0 spiro atoms. The highest BCUT2D eigenvalue weighted by Crippen LogP contribution is 2.25. The summed E-state index contributed by atoms with van der Waals surface area (Å²) >= 11 is 0. The van der Waals surface area contributed by atoms with Crippen LogP contribution in [-0.2, 0) is 11.2 Å². The molecule has 1 aliphatic carbocycles. The predicted molar refractivity (Wildman–Crippen MR) is 66.8 cm³/mol. The Kier molecular flexibility index (Phi) is 3.28. The van der Waals surface area contributed by atoms with Gasteiger partial charge in [-0.2, -0.15) is 0 Å². The Morgan fingerprint density at radius 3 is 2.44 bits per heavy atom. The monoisotopic (exact) mass is 217 g/mol. The highest BCUT2D eigenvalue weighted by Gasteiger charge is 2.24. The summed E-state index contributed by atoms with van der Waals surface area (Å²) in [5.74, 6) is 0.738. The first-order valence-electron chi connectivity index (χ1n) is 5.96. The van der Waals surface area contributed by atoms with Crippen molar-refractivity contribution in [1.82, 2.24) is 0 Å². The molecule has 1 aromatic carbocycles. The summed E-state index contributed by atoms with van der Waals surface area (Å²) in [6.07, 6.45) is 3.88. The number of nitrogens with zero attached hydrogens (tertiary/aromatic N) is 1. The largest absolute Gasteiger partial charge is 0.378 e. The SMILES string of the molecule is CN(C)c1ccc(CC2CCCC2=O)cc1. The van der Waals surface area contributed by atoms with Gasteiger partial charge in [0.25, 0.3) is 0 Å². The van der Waals surface area contributed by atoms with Crippen LogP contribution in [0.25, 0.3) is 0 Å². The molecule has 2 rings (SSSR count). The summed E-state index contributed by atoms with van der Waals surface area (Å²) < 4.78 is 0. The van der Waals surface area contributed by atoms with Gasteiger partial charge in [-0.3, -0.25) is 4.79 Å². The minimum absolute atomic E-state index is 0.283. The Morgan fingerprint density at radius 2 is 1.94 bits per heavy atom. The van der Waals surface area contributed by atoms with Crippen molar-refractivity contribution in [2.75, 3.05) is 19.0 Å². The number of anilines is 1. The highest BCUT2D eigenvalue weighted by molar-refractivity contribution is 5.83. The van der Waals surface area contributed by atoms with Crippen LogP contribution < -0.4 is 4.90 Å². The maximum atomic E-state index is 11.5. The van der Waals surface area contributed by atoms with E-state index in [2.05, 4.69) is 29.2 Å². The molecule has 1 fully saturated rings. The number of carbonyl (C=O) groups excluding carboxylic acids is 1. The van der Waals surface area contributed by atoms with E-state index in [4.69, 9.17) is 0 Å². The number of hydrogen-bond donors (Lipinski definition) is 0. The number of ketones is 1. The topological polar surface area (TPSA) is 20.3 Å². The molecule has 1 atom stereocenters. The van der Waals surface area contributed by atoms with Crippen molar-refractivity contribution < 1.29 is 4.79 Å². The minimum atomic E-state index is 0.283. The molecule has 2 heteroatoms. The van der Waals surface area contributed by atoms with Crippen molar-refractivity contribution in [2.45, 2.75) is 25.7 Å². The van der Waals surface area contributed by atoms with Crippen LogP contribution in [0.15, 0.2) is 24.3 Å². The van der Waals surface area contributed by atoms with Gasteiger partial charge >= 0.3 is 0 Å². The van der Waals surface area contributed by atoms with Crippen molar-refractivity contribution in [3.63, 3.8) is 0 Å². The Hall–Kier alpha value is -1.31. The van der Waals surface area contributed by atoms with Gasteiger partial charge in [0, 0.05) is 32.1 Å². The van der Waals surface area contributed by atoms with Gasteiger partial charge in [-0.1, -0.05) is 12.1 Å². The van der Waals surface area contributed by atoms with Gasteiger partial charge in [0.1, 0.15) is 5.78 Å². The molecule has 0 saturated heterocycles. The van der Waals surface area contributed by atoms with Crippen LogP contribution in [0.3, 0.4) is 0 Å². The lowest BCUT2D eigenvalue weighted by molar-refractivity contribution is -0.120. The van der Waals surface area contributed by atoms with Gasteiger partial charge in [0.2, 0.25) is 0 Å². The number of rotatable bonds is 3. The molecule has 1 unspecified atom stereocenters. The van der Waals surface area contributed by atoms with Crippen LogP contribution in [0, 0.1) is 5.92 Å². The smallest absolute Gasteiger partial charge is 0.136 e. The lowest BCUT2D eigenvalue weighted by Gasteiger charge is -2.13. The maximum absolute atomic E-state index is 11.5. The van der Waals surface area contributed by atoms with Gasteiger partial charge in [0.15, 0.2) is 0 Å². The predicted octanol–water partition coefficient (Wildman–Crippen LogP) is 2.66. The maximum Gasteiger partial charge on any atom is 0.136 e. The average molecular weight is 217 g/mol. The Labute approximate surface area is 97.3 Å².